The Balaban J connectivity index is 1.99. The minimum absolute atomic E-state index is 0.102. The lowest BCUT2D eigenvalue weighted by atomic mass is 10.2. The normalized spacial score (nSPS) is 11.7. The first kappa shape index (κ1) is 22.7. The molecule has 3 aromatic rings. The Hall–Kier alpha value is -3.99. The molecule has 0 bridgehead atoms. The van der Waals surface area contributed by atoms with Crippen molar-refractivity contribution in [2.75, 3.05) is 21.3 Å². The molecule has 0 radical (unpaired) electrons. The molecule has 32 heavy (non-hydrogen) atoms. The van der Waals surface area contributed by atoms with E-state index in [-0.39, 0.29) is 17.0 Å². The van der Waals surface area contributed by atoms with Crippen molar-refractivity contribution < 1.29 is 28.7 Å². The summed E-state index contributed by atoms with van der Waals surface area (Å²) in [5.41, 5.74) is 1.12. The number of nitro groups is 1. The molecule has 1 heterocycles. The zero-order valence-corrected chi connectivity index (χ0v) is 18.3. The van der Waals surface area contributed by atoms with Crippen LogP contribution in [0.1, 0.15) is 5.56 Å². The monoisotopic (exact) mass is 457 g/mol. The molecular weight excluding hydrogens is 438 g/mol. The van der Waals surface area contributed by atoms with E-state index in [0.717, 1.165) is 11.3 Å². The summed E-state index contributed by atoms with van der Waals surface area (Å²) in [6.07, 6.45) is 2.84. The number of nitro benzene ring substituents is 1. The summed E-state index contributed by atoms with van der Waals surface area (Å²) in [5, 5.41) is 11.1. The largest absolute Gasteiger partial charge is 0.493 e. The third kappa shape index (κ3) is 5.01. The van der Waals surface area contributed by atoms with Gasteiger partial charge in [-0.25, -0.2) is 0 Å². The summed E-state index contributed by atoms with van der Waals surface area (Å²) in [7, 11) is 4.28. The quantitative estimate of drug-likeness (QED) is 0.231. The molecule has 0 spiro atoms. The fourth-order valence-corrected chi connectivity index (χ4v) is 3.93. The molecule has 1 amide bonds. The van der Waals surface area contributed by atoms with E-state index in [1.54, 1.807) is 24.3 Å². The summed E-state index contributed by atoms with van der Waals surface area (Å²) in [6, 6.07) is 9.38. The van der Waals surface area contributed by atoms with Crippen LogP contribution < -0.4 is 14.3 Å². The molecule has 0 atom stereocenters. The van der Waals surface area contributed by atoms with Crippen molar-refractivity contribution in [2.24, 2.45) is 4.99 Å². The second kappa shape index (κ2) is 9.88. The lowest BCUT2D eigenvalue weighted by molar-refractivity contribution is -0.384. The first-order chi connectivity index (χ1) is 15.4. The molecule has 166 valence electrons. The Kier molecular flexibility index (Phi) is 7.00. The van der Waals surface area contributed by atoms with Crippen molar-refractivity contribution in [3.63, 3.8) is 0 Å². The summed E-state index contributed by atoms with van der Waals surface area (Å²) >= 11 is 1.06. The van der Waals surface area contributed by atoms with Gasteiger partial charge in [0.05, 0.1) is 36.5 Å². The number of ether oxygens (including phenoxy) is 3. The van der Waals surface area contributed by atoms with Crippen LogP contribution in [0.3, 0.4) is 0 Å². The van der Waals surface area contributed by atoms with Gasteiger partial charge in [-0.2, -0.15) is 4.99 Å². The van der Waals surface area contributed by atoms with Crippen LogP contribution in [0.15, 0.2) is 47.5 Å². The summed E-state index contributed by atoms with van der Waals surface area (Å²) < 4.78 is 17.1. The molecule has 3 rings (SSSR count). The number of non-ortho nitro benzene ring substituents is 1. The number of carbonyl (C=O) groups excluding carboxylic acids is 2. The molecule has 0 fully saturated rings. The van der Waals surface area contributed by atoms with E-state index < -0.39 is 16.8 Å². The van der Waals surface area contributed by atoms with Gasteiger partial charge >= 0.3 is 5.97 Å². The second-order valence-corrected chi connectivity index (χ2v) is 7.36. The number of methoxy groups -OCH3 is 3. The van der Waals surface area contributed by atoms with Gasteiger partial charge in [0.2, 0.25) is 0 Å². The van der Waals surface area contributed by atoms with Crippen LogP contribution in [0.25, 0.3) is 16.3 Å². The number of nitrogens with zero attached hydrogens (tertiary/aromatic N) is 3. The summed E-state index contributed by atoms with van der Waals surface area (Å²) in [6.45, 7) is -0.195. The van der Waals surface area contributed by atoms with Crippen molar-refractivity contribution >= 4 is 45.2 Å². The molecule has 11 heteroatoms. The highest BCUT2D eigenvalue weighted by Crippen LogP contribution is 2.28. The fourth-order valence-electron chi connectivity index (χ4n) is 2.86. The lowest BCUT2D eigenvalue weighted by Crippen LogP contribution is -2.22. The molecule has 0 aliphatic carbocycles. The second-order valence-electron chi connectivity index (χ2n) is 6.35. The van der Waals surface area contributed by atoms with Crippen LogP contribution in [0.5, 0.6) is 11.5 Å². The van der Waals surface area contributed by atoms with Crippen LogP contribution in [-0.4, -0.2) is 42.7 Å². The Morgan fingerprint density at radius 2 is 1.88 bits per heavy atom. The van der Waals surface area contributed by atoms with Crippen molar-refractivity contribution in [3.8, 4) is 11.5 Å². The number of benzene rings is 2. The molecule has 1 aromatic heterocycles. The molecule has 0 aliphatic heterocycles. The third-order valence-corrected chi connectivity index (χ3v) is 5.46. The van der Waals surface area contributed by atoms with Gasteiger partial charge in [0.1, 0.15) is 6.54 Å². The zero-order chi connectivity index (χ0) is 23.3. The van der Waals surface area contributed by atoms with Crippen molar-refractivity contribution in [3.05, 3.63) is 63.0 Å². The average Bonchev–Trinajstić information content (AvgIpc) is 3.12. The number of esters is 1. The van der Waals surface area contributed by atoms with Crippen LogP contribution in [0.2, 0.25) is 0 Å². The Morgan fingerprint density at radius 1 is 1.12 bits per heavy atom. The topological polar surface area (TPSA) is 122 Å². The van der Waals surface area contributed by atoms with Crippen molar-refractivity contribution in [1.82, 2.24) is 4.57 Å². The molecule has 0 N–H and O–H groups in total. The van der Waals surface area contributed by atoms with Gasteiger partial charge in [-0.05, 0) is 29.8 Å². The van der Waals surface area contributed by atoms with Gasteiger partial charge < -0.3 is 18.8 Å². The average molecular weight is 457 g/mol. The first-order valence-electron chi connectivity index (χ1n) is 9.19. The maximum atomic E-state index is 12.5. The van der Waals surface area contributed by atoms with Crippen LogP contribution in [0, 0.1) is 10.1 Å². The van der Waals surface area contributed by atoms with Gasteiger partial charge in [-0.3, -0.25) is 19.7 Å². The maximum Gasteiger partial charge on any atom is 0.325 e. The first-order valence-corrected chi connectivity index (χ1v) is 10.0. The highest BCUT2D eigenvalue weighted by Gasteiger charge is 2.15. The van der Waals surface area contributed by atoms with Gasteiger partial charge in [0.15, 0.2) is 16.3 Å². The Morgan fingerprint density at radius 3 is 2.53 bits per heavy atom. The highest BCUT2D eigenvalue weighted by atomic mass is 32.1. The molecule has 0 saturated heterocycles. The maximum absolute atomic E-state index is 12.5. The number of aromatic nitrogens is 1. The molecule has 0 saturated carbocycles. The van der Waals surface area contributed by atoms with Crippen LogP contribution in [0.4, 0.5) is 5.69 Å². The SMILES string of the molecule is COC(=O)Cn1c(=NC(=O)C=Cc2ccc(OC)c(OC)c2)sc2cc([N+](=O)[O-])ccc21. The van der Waals surface area contributed by atoms with E-state index in [1.165, 1.54) is 50.2 Å². The number of fused-ring (bicyclic) bond motifs is 1. The molecule has 0 unspecified atom stereocenters. The number of amides is 1. The summed E-state index contributed by atoms with van der Waals surface area (Å²) in [5.74, 6) is -0.0396. The smallest absolute Gasteiger partial charge is 0.325 e. The van der Waals surface area contributed by atoms with E-state index >= 15 is 0 Å². The van der Waals surface area contributed by atoms with Gasteiger partial charge in [0.25, 0.3) is 11.6 Å². The number of hydrogen-bond acceptors (Lipinski definition) is 8. The molecule has 0 aliphatic rings. The zero-order valence-electron chi connectivity index (χ0n) is 17.4. The van der Waals surface area contributed by atoms with E-state index in [2.05, 4.69) is 4.99 Å². The number of hydrogen-bond donors (Lipinski definition) is 0. The lowest BCUT2D eigenvalue weighted by Gasteiger charge is -2.07. The Bertz CT molecular complexity index is 1290. The highest BCUT2D eigenvalue weighted by molar-refractivity contribution is 7.16. The predicted octanol–water partition coefficient (Wildman–Crippen LogP) is 2.94. The Labute approximate surface area is 186 Å². The molecule has 2 aromatic carbocycles. The molecule has 10 nitrogen and oxygen atoms in total. The fraction of sp³-hybridized carbons (Fsp3) is 0.190. The van der Waals surface area contributed by atoms with Crippen LogP contribution in [-0.2, 0) is 20.9 Å². The van der Waals surface area contributed by atoms with E-state index in [4.69, 9.17) is 14.2 Å². The minimum Gasteiger partial charge on any atom is -0.493 e. The van der Waals surface area contributed by atoms with E-state index in [0.29, 0.717) is 27.3 Å². The van der Waals surface area contributed by atoms with Gasteiger partial charge in [0, 0.05) is 18.2 Å². The van der Waals surface area contributed by atoms with E-state index in [1.807, 2.05) is 0 Å². The van der Waals surface area contributed by atoms with Crippen molar-refractivity contribution in [1.29, 1.82) is 0 Å². The van der Waals surface area contributed by atoms with E-state index in [9.17, 15) is 19.7 Å². The standard InChI is InChI=1S/C21H19N3O7S/c1-29-16-8-4-13(10-17(16)30-2)5-9-19(25)22-21-23(12-20(26)31-3)15-7-6-14(24(27)28)11-18(15)32-21/h4-11H,12H2,1-3H3. The predicted molar refractivity (Wildman–Crippen MR) is 118 cm³/mol. The minimum atomic E-state index is -0.570. The van der Waals surface area contributed by atoms with Gasteiger partial charge in [-0.1, -0.05) is 17.4 Å². The number of rotatable bonds is 7. The van der Waals surface area contributed by atoms with Crippen molar-refractivity contribution in [2.45, 2.75) is 6.54 Å². The van der Waals surface area contributed by atoms with Gasteiger partial charge in [-0.15, -0.1) is 0 Å². The number of carbonyl (C=O) groups is 2. The summed E-state index contributed by atoms with van der Waals surface area (Å²) in [4.78, 5) is 39.2. The number of thiazole rings is 1. The van der Waals surface area contributed by atoms with Crippen LogP contribution >= 0.6 is 11.3 Å². The third-order valence-electron chi connectivity index (χ3n) is 4.42. The molecular formula is C21H19N3O7S.